The van der Waals surface area contributed by atoms with E-state index < -0.39 is 32.6 Å². The molecule has 1 amide bonds. The van der Waals surface area contributed by atoms with Gasteiger partial charge in [0, 0.05) is 11.3 Å². The number of hydrogen-bond donors (Lipinski definition) is 2. The minimum absolute atomic E-state index is 0.152. The second-order valence-electron chi connectivity index (χ2n) is 4.61. The van der Waals surface area contributed by atoms with Crippen molar-refractivity contribution in [3.05, 3.63) is 53.8 Å². The van der Waals surface area contributed by atoms with Crippen molar-refractivity contribution in [2.24, 2.45) is 0 Å². The third kappa shape index (κ3) is 4.09. The Morgan fingerprint density at radius 2 is 1.52 bits per heavy atom. The summed E-state index contributed by atoms with van der Waals surface area (Å²) in [4.78, 5) is 9.70. The van der Waals surface area contributed by atoms with E-state index in [1.54, 1.807) is 0 Å². The summed E-state index contributed by atoms with van der Waals surface area (Å²) < 4.78 is 75.6. The maximum atomic E-state index is 12.9. The largest absolute Gasteiger partial charge is 0.505 e. The second-order valence-corrected chi connectivity index (χ2v) is 7.02. The predicted octanol–water partition coefficient (Wildman–Crippen LogP) is 5.44. The first-order chi connectivity index (χ1) is 10.3. The molecule has 2 N–H and O–H groups in total. The molecule has 126 valence electrons. The number of benzene rings is 2. The standard InChI is InChI=1S/C13H9F6NO2S/c14-11-6-1-8(7-12(11)21)13(22)20-9-2-4-10(5-3-9)23(15,16,17,18)19/h1-7,21H,(H,20,22). The average molecular weight is 357 g/mol. The van der Waals surface area contributed by atoms with Gasteiger partial charge in [-0.15, -0.1) is 0 Å². The lowest BCUT2D eigenvalue weighted by Gasteiger charge is -2.40. The summed E-state index contributed by atoms with van der Waals surface area (Å²) in [6.45, 7) is 0. The number of phenolic OH excluding ortho intramolecular Hbond substituents is 1. The summed E-state index contributed by atoms with van der Waals surface area (Å²) in [5.41, 5.74) is -0.342. The van der Waals surface area contributed by atoms with Crippen molar-refractivity contribution < 1.29 is 33.7 Å². The zero-order chi connectivity index (χ0) is 17.5. The lowest BCUT2D eigenvalue weighted by Crippen LogP contribution is -2.12. The minimum atomic E-state index is -9.77. The number of phenols is 1. The molecule has 0 bridgehead atoms. The first-order valence-electron chi connectivity index (χ1n) is 5.90. The molecule has 10 heteroatoms. The van der Waals surface area contributed by atoms with Crippen LogP contribution in [0.15, 0.2) is 47.4 Å². The van der Waals surface area contributed by atoms with Crippen LogP contribution in [0.4, 0.5) is 29.5 Å². The Labute approximate surface area is 126 Å². The summed E-state index contributed by atoms with van der Waals surface area (Å²) in [6.07, 6.45) is 0. The van der Waals surface area contributed by atoms with Crippen LogP contribution in [0, 0.1) is 5.82 Å². The third-order valence-corrected chi connectivity index (χ3v) is 3.93. The van der Waals surface area contributed by atoms with Gasteiger partial charge < -0.3 is 10.4 Å². The summed E-state index contributed by atoms with van der Waals surface area (Å²) in [5.74, 6) is -2.60. The van der Waals surface area contributed by atoms with Gasteiger partial charge in [0.25, 0.3) is 5.91 Å². The summed E-state index contributed by atoms with van der Waals surface area (Å²) in [5, 5.41) is 11.3. The van der Waals surface area contributed by atoms with E-state index in [-0.39, 0.29) is 23.4 Å². The normalized spacial score (nSPS) is 14.7. The van der Waals surface area contributed by atoms with Gasteiger partial charge in [-0.3, -0.25) is 4.79 Å². The molecule has 0 spiro atoms. The van der Waals surface area contributed by atoms with Gasteiger partial charge in [0.1, 0.15) is 4.90 Å². The average Bonchev–Trinajstić information content (AvgIpc) is 2.40. The molecule has 0 aliphatic heterocycles. The molecule has 3 nitrogen and oxygen atoms in total. The van der Waals surface area contributed by atoms with Gasteiger partial charge in [-0.1, -0.05) is 19.4 Å². The lowest BCUT2D eigenvalue weighted by molar-refractivity contribution is 0.102. The van der Waals surface area contributed by atoms with Gasteiger partial charge in [0.2, 0.25) is 0 Å². The van der Waals surface area contributed by atoms with Crippen molar-refractivity contribution in [2.45, 2.75) is 4.90 Å². The van der Waals surface area contributed by atoms with E-state index in [2.05, 4.69) is 5.32 Å². The molecule has 0 fully saturated rings. The van der Waals surface area contributed by atoms with E-state index in [0.29, 0.717) is 12.1 Å². The van der Waals surface area contributed by atoms with Crippen LogP contribution in [-0.4, -0.2) is 11.0 Å². The Morgan fingerprint density at radius 1 is 0.957 bits per heavy atom. The van der Waals surface area contributed by atoms with Crippen molar-refractivity contribution in [1.29, 1.82) is 0 Å². The van der Waals surface area contributed by atoms with Gasteiger partial charge >= 0.3 is 10.2 Å². The molecular formula is C13H9F6NO2S. The molecule has 0 saturated carbocycles. The van der Waals surface area contributed by atoms with Crippen molar-refractivity contribution in [1.82, 2.24) is 0 Å². The predicted molar refractivity (Wildman–Crippen MR) is 73.9 cm³/mol. The van der Waals surface area contributed by atoms with Crippen LogP contribution in [0.3, 0.4) is 0 Å². The Kier molecular flexibility index (Phi) is 3.38. The van der Waals surface area contributed by atoms with E-state index in [1.807, 2.05) is 0 Å². The van der Waals surface area contributed by atoms with Crippen LogP contribution in [0.1, 0.15) is 10.4 Å². The number of nitrogens with one attached hydrogen (secondary N) is 1. The quantitative estimate of drug-likeness (QED) is 0.719. The fourth-order valence-corrected chi connectivity index (χ4v) is 2.30. The molecule has 2 aromatic rings. The number of rotatable bonds is 3. The molecule has 0 aliphatic rings. The summed E-state index contributed by atoms with van der Waals surface area (Å²) in [6, 6.07) is 4.30. The fourth-order valence-electron chi connectivity index (χ4n) is 1.65. The van der Waals surface area contributed by atoms with Gasteiger partial charge in [-0.2, -0.15) is 0 Å². The van der Waals surface area contributed by atoms with Gasteiger partial charge in [-0.25, -0.2) is 4.39 Å². The zero-order valence-electron chi connectivity index (χ0n) is 11.1. The maximum Gasteiger partial charge on any atom is 0.310 e. The SMILES string of the molecule is O=C(Nc1ccc(S(F)(F)(F)(F)F)cc1)c1ccc(F)c(O)c1. The fraction of sp³-hybridized carbons (Fsp3) is 0. The summed E-state index contributed by atoms with van der Waals surface area (Å²) >= 11 is 0. The van der Waals surface area contributed by atoms with E-state index in [9.17, 15) is 28.6 Å². The number of carbonyl (C=O) groups is 1. The van der Waals surface area contributed by atoms with E-state index >= 15 is 0 Å². The molecule has 2 aromatic carbocycles. The number of aromatic hydroxyl groups is 1. The summed E-state index contributed by atoms with van der Waals surface area (Å²) in [7, 11) is -9.77. The number of carbonyl (C=O) groups excluding carboxylic acids is 1. The lowest BCUT2D eigenvalue weighted by atomic mass is 10.2. The highest BCUT2D eigenvalue weighted by Gasteiger charge is 2.65. The molecule has 0 unspecified atom stereocenters. The van der Waals surface area contributed by atoms with E-state index in [0.717, 1.165) is 18.2 Å². The molecule has 23 heavy (non-hydrogen) atoms. The monoisotopic (exact) mass is 357 g/mol. The number of anilines is 1. The molecule has 0 saturated heterocycles. The van der Waals surface area contributed by atoms with Gasteiger partial charge in [-0.05, 0) is 42.5 Å². The van der Waals surface area contributed by atoms with Gasteiger partial charge in [0.15, 0.2) is 11.6 Å². The van der Waals surface area contributed by atoms with Crippen molar-refractivity contribution in [3.8, 4) is 5.75 Å². The topological polar surface area (TPSA) is 49.3 Å². The molecule has 0 aromatic heterocycles. The maximum absolute atomic E-state index is 12.9. The van der Waals surface area contributed by atoms with Crippen LogP contribution in [0.5, 0.6) is 5.75 Å². The first-order valence-corrected chi connectivity index (χ1v) is 7.85. The third-order valence-electron chi connectivity index (χ3n) is 2.77. The minimum Gasteiger partial charge on any atom is -0.505 e. The Morgan fingerprint density at radius 3 is 2.00 bits per heavy atom. The smallest absolute Gasteiger partial charge is 0.310 e. The van der Waals surface area contributed by atoms with Crippen LogP contribution in [0.25, 0.3) is 0 Å². The first kappa shape index (κ1) is 17.0. The number of halogens is 6. The Hall–Kier alpha value is -2.36. The van der Waals surface area contributed by atoms with Crippen LogP contribution in [0.2, 0.25) is 0 Å². The molecular weight excluding hydrogens is 348 g/mol. The molecule has 0 atom stereocenters. The highest BCUT2D eigenvalue weighted by Crippen LogP contribution is 3.02. The second kappa shape index (κ2) is 4.57. The van der Waals surface area contributed by atoms with Crippen molar-refractivity contribution >= 4 is 21.8 Å². The molecule has 2 rings (SSSR count). The van der Waals surface area contributed by atoms with Crippen LogP contribution < -0.4 is 5.32 Å². The van der Waals surface area contributed by atoms with Crippen molar-refractivity contribution in [2.75, 3.05) is 5.32 Å². The van der Waals surface area contributed by atoms with Crippen molar-refractivity contribution in [3.63, 3.8) is 0 Å². The Balaban J connectivity index is 2.22. The van der Waals surface area contributed by atoms with E-state index in [1.165, 1.54) is 0 Å². The zero-order valence-corrected chi connectivity index (χ0v) is 11.9. The van der Waals surface area contributed by atoms with Crippen LogP contribution in [-0.2, 0) is 0 Å². The van der Waals surface area contributed by atoms with E-state index in [4.69, 9.17) is 5.11 Å². The Bertz CT molecular complexity index is 774. The van der Waals surface area contributed by atoms with Crippen LogP contribution >= 0.6 is 10.2 Å². The highest BCUT2D eigenvalue weighted by molar-refractivity contribution is 8.45. The van der Waals surface area contributed by atoms with Gasteiger partial charge in [0.05, 0.1) is 0 Å². The molecule has 0 heterocycles. The number of amides is 1. The molecule has 0 aliphatic carbocycles. The number of hydrogen-bond acceptors (Lipinski definition) is 2. The molecule has 0 radical (unpaired) electrons. The highest BCUT2D eigenvalue weighted by atomic mass is 32.5.